The molecule has 0 aliphatic carbocycles. The minimum Gasteiger partial charge on any atom is -0.347 e. The third-order valence-corrected chi connectivity index (χ3v) is 7.31. The van der Waals surface area contributed by atoms with Gasteiger partial charge in [-0.2, -0.15) is 0 Å². The standard InChI is InChI=1S/C27H48N6O5/c1-17(2)16-21-24(35)29-18(3)26(37)33-15-11-14-22(33)25(36)30-20(27(38)32(4)5)13-10-8-6-7-9-12-19(28)23(34)31-21/h17-22H,6-16,28H2,1-5H3,(H,29,35)(H,30,36)(H,31,34)/t18-,19-,20-,21-,22-/m0/s1. The van der Waals surface area contributed by atoms with E-state index in [0.717, 1.165) is 32.1 Å². The highest BCUT2D eigenvalue weighted by molar-refractivity contribution is 5.96. The molecule has 38 heavy (non-hydrogen) atoms. The van der Waals surface area contributed by atoms with Crippen LogP contribution in [0.4, 0.5) is 0 Å². The molecule has 0 radical (unpaired) electrons. The molecule has 0 bridgehead atoms. The zero-order valence-electron chi connectivity index (χ0n) is 23.8. The summed E-state index contributed by atoms with van der Waals surface area (Å²) >= 11 is 0. The van der Waals surface area contributed by atoms with E-state index in [4.69, 9.17) is 5.73 Å². The number of hydrogen-bond acceptors (Lipinski definition) is 6. The molecule has 0 aromatic carbocycles. The summed E-state index contributed by atoms with van der Waals surface area (Å²) in [7, 11) is 3.32. The summed E-state index contributed by atoms with van der Waals surface area (Å²) in [6, 6.07) is -3.78. The lowest BCUT2D eigenvalue weighted by atomic mass is 10.0. The molecule has 2 fully saturated rings. The number of carbonyl (C=O) groups is 5. The fraction of sp³-hybridized carbons (Fsp3) is 0.815. The smallest absolute Gasteiger partial charge is 0.245 e. The second-order valence-corrected chi connectivity index (χ2v) is 11.4. The van der Waals surface area contributed by atoms with Crippen LogP contribution in [-0.4, -0.2) is 90.2 Å². The van der Waals surface area contributed by atoms with E-state index in [1.807, 2.05) is 13.8 Å². The second-order valence-electron chi connectivity index (χ2n) is 11.4. The lowest BCUT2D eigenvalue weighted by Crippen LogP contribution is -2.58. The van der Waals surface area contributed by atoms with Crippen molar-refractivity contribution in [2.75, 3.05) is 20.6 Å². The van der Waals surface area contributed by atoms with Crippen molar-refractivity contribution in [1.82, 2.24) is 25.8 Å². The summed E-state index contributed by atoms with van der Waals surface area (Å²) in [4.78, 5) is 68.2. The van der Waals surface area contributed by atoms with E-state index in [2.05, 4.69) is 16.0 Å². The number of nitrogens with two attached hydrogens (primary N) is 1. The molecular formula is C27H48N6O5. The van der Waals surface area contributed by atoms with Crippen LogP contribution in [0.5, 0.6) is 0 Å². The van der Waals surface area contributed by atoms with Crippen LogP contribution in [0.1, 0.15) is 85.0 Å². The summed E-state index contributed by atoms with van der Waals surface area (Å²) in [5.74, 6) is -1.59. The van der Waals surface area contributed by atoms with Crippen LogP contribution >= 0.6 is 0 Å². The van der Waals surface area contributed by atoms with Gasteiger partial charge in [-0.05, 0) is 44.9 Å². The van der Waals surface area contributed by atoms with Gasteiger partial charge in [-0.3, -0.25) is 24.0 Å². The number of hydrogen-bond donors (Lipinski definition) is 4. The molecule has 0 spiro atoms. The van der Waals surface area contributed by atoms with Crippen molar-refractivity contribution < 1.29 is 24.0 Å². The number of amides is 5. The Kier molecular flexibility index (Phi) is 12.5. The first-order valence-corrected chi connectivity index (χ1v) is 14.1. The molecule has 5 N–H and O–H groups in total. The molecule has 0 saturated carbocycles. The summed E-state index contributed by atoms with van der Waals surface area (Å²) in [6.45, 7) is 5.88. The molecule has 0 aromatic heterocycles. The lowest BCUT2D eigenvalue weighted by Gasteiger charge is -2.30. The molecular weight excluding hydrogens is 488 g/mol. The minimum atomic E-state index is -0.888. The quantitative estimate of drug-likeness (QED) is 0.415. The van der Waals surface area contributed by atoms with Gasteiger partial charge in [0.2, 0.25) is 29.5 Å². The largest absolute Gasteiger partial charge is 0.347 e. The van der Waals surface area contributed by atoms with Gasteiger partial charge < -0.3 is 31.5 Å². The Balaban J connectivity index is 2.25. The molecule has 2 aliphatic rings. The highest BCUT2D eigenvalue weighted by Crippen LogP contribution is 2.20. The first kappa shape index (κ1) is 31.5. The van der Waals surface area contributed by atoms with Crippen molar-refractivity contribution in [2.24, 2.45) is 11.7 Å². The van der Waals surface area contributed by atoms with Crippen molar-refractivity contribution in [3.8, 4) is 0 Å². The first-order chi connectivity index (χ1) is 17.9. The van der Waals surface area contributed by atoms with Gasteiger partial charge in [0.05, 0.1) is 6.04 Å². The maximum Gasteiger partial charge on any atom is 0.245 e. The van der Waals surface area contributed by atoms with Gasteiger partial charge in [0.25, 0.3) is 0 Å². The molecule has 5 amide bonds. The normalized spacial score (nSPS) is 29.2. The maximum absolute atomic E-state index is 13.3. The molecule has 2 aliphatic heterocycles. The summed E-state index contributed by atoms with van der Waals surface area (Å²) in [5.41, 5.74) is 6.12. The third-order valence-electron chi connectivity index (χ3n) is 7.31. The van der Waals surface area contributed by atoms with Crippen molar-refractivity contribution in [2.45, 2.75) is 115 Å². The Morgan fingerprint density at radius 3 is 2.16 bits per heavy atom. The van der Waals surface area contributed by atoms with Crippen LogP contribution in [0.3, 0.4) is 0 Å². The van der Waals surface area contributed by atoms with E-state index in [1.54, 1.807) is 21.0 Å². The van der Waals surface area contributed by atoms with Gasteiger partial charge in [0.1, 0.15) is 24.2 Å². The number of likely N-dealkylation sites (N-methyl/N-ethyl adjacent to an activating group) is 1. The fourth-order valence-electron chi connectivity index (χ4n) is 5.12. The average molecular weight is 537 g/mol. The molecule has 0 aromatic rings. The number of rotatable bonds is 3. The van der Waals surface area contributed by atoms with Crippen molar-refractivity contribution >= 4 is 29.5 Å². The number of nitrogens with zero attached hydrogens (tertiary/aromatic N) is 2. The molecule has 11 nitrogen and oxygen atoms in total. The Hall–Kier alpha value is -2.69. The highest BCUT2D eigenvalue weighted by Gasteiger charge is 2.38. The lowest BCUT2D eigenvalue weighted by molar-refractivity contribution is -0.142. The Bertz CT molecular complexity index is 848. The predicted molar refractivity (Wildman–Crippen MR) is 145 cm³/mol. The Morgan fingerprint density at radius 2 is 1.53 bits per heavy atom. The third kappa shape index (κ3) is 9.25. The summed E-state index contributed by atoms with van der Waals surface area (Å²) in [6.07, 6.45) is 6.81. The number of nitrogens with one attached hydrogen (secondary N) is 3. The molecule has 2 saturated heterocycles. The zero-order chi connectivity index (χ0) is 28.4. The van der Waals surface area contributed by atoms with Crippen molar-refractivity contribution in [1.29, 1.82) is 0 Å². The molecule has 2 heterocycles. The second kappa shape index (κ2) is 15.0. The summed E-state index contributed by atoms with van der Waals surface area (Å²) in [5, 5.41) is 8.42. The van der Waals surface area contributed by atoms with Crippen LogP contribution in [0, 0.1) is 5.92 Å². The van der Waals surface area contributed by atoms with E-state index in [1.165, 1.54) is 9.80 Å². The van der Waals surface area contributed by atoms with Crippen molar-refractivity contribution in [3.63, 3.8) is 0 Å². The molecule has 0 unspecified atom stereocenters. The van der Waals surface area contributed by atoms with Crippen LogP contribution in [0.25, 0.3) is 0 Å². The van der Waals surface area contributed by atoms with E-state index < -0.39 is 36.1 Å². The van der Waals surface area contributed by atoms with Crippen LogP contribution in [0.2, 0.25) is 0 Å². The minimum absolute atomic E-state index is 0.128. The van der Waals surface area contributed by atoms with E-state index in [0.29, 0.717) is 38.6 Å². The maximum atomic E-state index is 13.3. The number of fused-ring (bicyclic) bond motifs is 1. The van der Waals surface area contributed by atoms with Gasteiger partial charge in [0, 0.05) is 20.6 Å². The molecule has 216 valence electrons. The Morgan fingerprint density at radius 1 is 0.895 bits per heavy atom. The highest BCUT2D eigenvalue weighted by atomic mass is 16.2. The molecule has 11 heteroatoms. The van der Waals surface area contributed by atoms with Gasteiger partial charge in [-0.15, -0.1) is 0 Å². The Labute approximate surface area is 227 Å². The fourth-order valence-corrected chi connectivity index (χ4v) is 5.12. The zero-order valence-corrected chi connectivity index (χ0v) is 23.8. The van der Waals surface area contributed by atoms with Crippen LogP contribution in [0.15, 0.2) is 0 Å². The topological polar surface area (TPSA) is 154 Å². The summed E-state index contributed by atoms with van der Waals surface area (Å²) < 4.78 is 0. The van der Waals surface area contributed by atoms with E-state index in [9.17, 15) is 24.0 Å². The van der Waals surface area contributed by atoms with Gasteiger partial charge >= 0.3 is 0 Å². The van der Waals surface area contributed by atoms with Crippen molar-refractivity contribution in [3.05, 3.63) is 0 Å². The molecule has 2 rings (SSSR count). The van der Waals surface area contributed by atoms with Gasteiger partial charge in [-0.1, -0.05) is 46.0 Å². The SMILES string of the molecule is CC(C)C[C@@H]1NC(=O)[C@@H](N)CCCCCCC[C@@H](C(=O)N(C)C)NC(=O)[C@@H]2CCCN2C(=O)[C@H](C)NC1=O. The van der Waals surface area contributed by atoms with Crippen LogP contribution in [-0.2, 0) is 24.0 Å². The predicted octanol–water partition coefficient (Wildman–Crippen LogP) is 0.658. The monoisotopic (exact) mass is 536 g/mol. The molecule has 5 atom stereocenters. The van der Waals surface area contributed by atoms with Gasteiger partial charge in [0.15, 0.2) is 0 Å². The van der Waals surface area contributed by atoms with Crippen LogP contribution < -0.4 is 21.7 Å². The number of carbonyl (C=O) groups excluding carboxylic acids is 5. The van der Waals surface area contributed by atoms with Gasteiger partial charge in [-0.25, -0.2) is 0 Å². The first-order valence-electron chi connectivity index (χ1n) is 14.1. The van der Waals surface area contributed by atoms with E-state index in [-0.39, 0.29) is 29.5 Å². The van der Waals surface area contributed by atoms with E-state index >= 15 is 0 Å². The average Bonchev–Trinajstić information content (AvgIpc) is 3.34.